The van der Waals surface area contributed by atoms with E-state index < -0.39 is 28.5 Å². The molecule has 4 rings (SSSR count). The van der Waals surface area contributed by atoms with Crippen LogP contribution in [0.5, 0.6) is 0 Å². The van der Waals surface area contributed by atoms with Crippen molar-refractivity contribution in [2.24, 2.45) is 0 Å². The SMILES string of the molecule is CCCNC(=O)[C@H](Cc1ccccc1)N(Cc1ccc(Br)cc1)C(=O)CN(c1cccc(Cl)c1Cl)S(=O)(=O)c1ccc(C)cc1. The molecule has 1 atom stereocenters. The van der Waals surface area contributed by atoms with Crippen LogP contribution in [0, 0.1) is 6.92 Å². The van der Waals surface area contributed by atoms with Gasteiger partial charge in [-0.15, -0.1) is 0 Å². The summed E-state index contributed by atoms with van der Waals surface area (Å²) >= 11 is 16.3. The van der Waals surface area contributed by atoms with Gasteiger partial charge in [-0.05, 0) is 60.9 Å². The third-order valence-electron chi connectivity index (χ3n) is 7.17. The monoisotopic (exact) mass is 729 g/mol. The molecule has 4 aromatic rings. The summed E-state index contributed by atoms with van der Waals surface area (Å²) < 4.78 is 30.2. The Morgan fingerprint density at radius 3 is 2.18 bits per heavy atom. The summed E-state index contributed by atoms with van der Waals surface area (Å²) in [5.74, 6) is -0.919. The fraction of sp³-hybridized carbons (Fsp3) is 0.235. The molecule has 1 N–H and O–H groups in total. The van der Waals surface area contributed by atoms with Crippen LogP contribution in [0.15, 0.2) is 106 Å². The van der Waals surface area contributed by atoms with E-state index in [4.69, 9.17) is 23.2 Å². The maximum atomic E-state index is 14.5. The molecule has 0 spiro atoms. The fourth-order valence-corrected chi connectivity index (χ4v) is 6.88. The quantitative estimate of drug-likeness (QED) is 0.155. The number of nitrogens with zero attached hydrogens (tertiary/aromatic N) is 2. The summed E-state index contributed by atoms with van der Waals surface area (Å²) in [6.07, 6.45) is 0.932. The van der Waals surface area contributed by atoms with E-state index >= 15 is 0 Å². The molecule has 0 bridgehead atoms. The first-order valence-electron chi connectivity index (χ1n) is 14.4. The van der Waals surface area contributed by atoms with Crippen LogP contribution in [0.25, 0.3) is 0 Å². The molecule has 0 unspecified atom stereocenters. The minimum atomic E-state index is -4.30. The number of aryl methyl sites for hydroxylation is 1. The van der Waals surface area contributed by atoms with Gasteiger partial charge in [0.25, 0.3) is 10.0 Å². The first-order valence-corrected chi connectivity index (χ1v) is 17.4. The van der Waals surface area contributed by atoms with E-state index in [1.165, 1.54) is 23.1 Å². The van der Waals surface area contributed by atoms with Gasteiger partial charge in [-0.1, -0.05) is 112 Å². The molecule has 7 nitrogen and oxygen atoms in total. The summed E-state index contributed by atoms with van der Waals surface area (Å²) in [4.78, 5) is 29.6. The Kier molecular flexibility index (Phi) is 12.1. The molecule has 0 aliphatic heterocycles. The molecule has 0 saturated carbocycles. The summed E-state index contributed by atoms with van der Waals surface area (Å²) in [6.45, 7) is 3.66. The van der Waals surface area contributed by atoms with Crippen LogP contribution in [0.1, 0.15) is 30.0 Å². The van der Waals surface area contributed by atoms with Gasteiger partial charge in [0.05, 0.1) is 20.6 Å². The van der Waals surface area contributed by atoms with Crippen LogP contribution in [-0.2, 0) is 32.6 Å². The summed E-state index contributed by atoms with van der Waals surface area (Å²) in [6, 6.07) is 26.8. The number of benzene rings is 4. The summed E-state index contributed by atoms with van der Waals surface area (Å²) in [5, 5.41) is 3.06. The van der Waals surface area contributed by atoms with Gasteiger partial charge >= 0.3 is 0 Å². The minimum Gasteiger partial charge on any atom is -0.354 e. The summed E-state index contributed by atoms with van der Waals surface area (Å²) in [7, 11) is -4.30. The third kappa shape index (κ3) is 8.88. The maximum absolute atomic E-state index is 14.5. The molecule has 4 aromatic carbocycles. The molecular weight excluding hydrogens is 697 g/mol. The molecule has 45 heavy (non-hydrogen) atoms. The molecule has 0 aromatic heterocycles. The van der Waals surface area contributed by atoms with Crippen LogP contribution in [0.3, 0.4) is 0 Å². The van der Waals surface area contributed by atoms with Crippen LogP contribution < -0.4 is 9.62 Å². The van der Waals surface area contributed by atoms with Gasteiger partial charge in [-0.2, -0.15) is 0 Å². The second-order valence-electron chi connectivity index (χ2n) is 10.5. The molecular formula is C34H34BrCl2N3O4S. The van der Waals surface area contributed by atoms with Crippen molar-refractivity contribution in [1.29, 1.82) is 0 Å². The number of carbonyl (C=O) groups is 2. The number of amides is 2. The van der Waals surface area contributed by atoms with Gasteiger partial charge < -0.3 is 10.2 Å². The van der Waals surface area contributed by atoms with Gasteiger partial charge in [-0.3, -0.25) is 13.9 Å². The Bertz CT molecular complexity index is 1720. The smallest absolute Gasteiger partial charge is 0.264 e. The lowest BCUT2D eigenvalue weighted by Gasteiger charge is -2.34. The average molecular weight is 732 g/mol. The first kappa shape index (κ1) is 34.5. The molecule has 0 heterocycles. The van der Waals surface area contributed by atoms with Crippen LogP contribution in [0.4, 0.5) is 5.69 Å². The van der Waals surface area contributed by atoms with E-state index in [0.29, 0.717) is 13.0 Å². The second kappa shape index (κ2) is 15.8. The van der Waals surface area contributed by atoms with E-state index in [9.17, 15) is 18.0 Å². The zero-order valence-corrected chi connectivity index (χ0v) is 28.8. The zero-order valence-electron chi connectivity index (χ0n) is 24.9. The lowest BCUT2D eigenvalue weighted by Crippen LogP contribution is -2.53. The predicted octanol–water partition coefficient (Wildman–Crippen LogP) is 7.43. The summed E-state index contributed by atoms with van der Waals surface area (Å²) in [5.41, 5.74) is 2.54. The second-order valence-corrected chi connectivity index (χ2v) is 14.1. The highest BCUT2D eigenvalue weighted by atomic mass is 79.9. The Labute approximate surface area is 283 Å². The van der Waals surface area contributed by atoms with Crippen LogP contribution >= 0.6 is 39.1 Å². The van der Waals surface area contributed by atoms with Gasteiger partial charge in [0.1, 0.15) is 12.6 Å². The number of halogens is 3. The van der Waals surface area contributed by atoms with E-state index in [2.05, 4.69) is 21.2 Å². The van der Waals surface area contributed by atoms with Crippen LogP contribution in [-0.4, -0.2) is 44.3 Å². The van der Waals surface area contributed by atoms with Crippen molar-refractivity contribution in [3.05, 3.63) is 128 Å². The molecule has 11 heteroatoms. The highest BCUT2D eigenvalue weighted by Crippen LogP contribution is 2.35. The number of sulfonamides is 1. The van der Waals surface area contributed by atoms with Crippen molar-refractivity contribution in [1.82, 2.24) is 10.2 Å². The van der Waals surface area contributed by atoms with Gasteiger partial charge in [-0.25, -0.2) is 8.42 Å². The lowest BCUT2D eigenvalue weighted by atomic mass is 10.0. The van der Waals surface area contributed by atoms with Crippen molar-refractivity contribution in [3.63, 3.8) is 0 Å². The predicted molar refractivity (Wildman–Crippen MR) is 184 cm³/mol. The average Bonchev–Trinajstić information content (AvgIpc) is 3.03. The third-order valence-corrected chi connectivity index (χ3v) is 10.3. The minimum absolute atomic E-state index is 0.0105. The van der Waals surface area contributed by atoms with Crippen molar-refractivity contribution in [2.75, 3.05) is 17.4 Å². The largest absolute Gasteiger partial charge is 0.354 e. The Hall–Kier alpha value is -3.37. The molecule has 0 radical (unpaired) electrons. The van der Waals surface area contributed by atoms with Gasteiger partial charge in [0.2, 0.25) is 11.8 Å². The number of carbonyl (C=O) groups excluding carboxylic acids is 2. The molecule has 0 saturated heterocycles. The molecule has 0 fully saturated rings. The van der Waals surface area contributed by atoms with Crippen molar-refractivity contribution in [3.8, 4) is 0 Å². The number of anilines is 1. The van der Waals surface area contributed by atoms with E-state index in [1.807, 2.05) is 68.4 Å². The normalized spacial score (nSPS) is 11.9. The zero-order chi connectivity index (χ0) is 32.6. The number of rotatable bonds is 13. The topological polar surface area (TPSA) is 86.8 Å². The van der Waals surface area contributed by atoms with Crippen molar-refractivity contribution in [2.45, 2.75) is 44.2 Å². The Morgan fingerprint density at radius 1 is 0.867 bits per heavy atom. The maximum Gasteiger partial charge on any atom is 0.264 e. The van der Waals surface area contributed by atoms with E-state index in [0.717, 1.165) is 25.5 Å². The Morgan fingerprint density at radius 2 is 1.53 bits per heavy atom. The Balaban J connectivity index is 1.82. The van der Waals surface area contributed by atoms with Crippen molar-refractivity contribution < 1.29 is 18.0 Å². The van der Waals surface area contributed by atoms with Crippen LogP contribution in [0.2, 0.25) is 10.0 Å². The standard InChI is InChI=1S/C34H34BrCl2N3O4S/c1-3-20-38-34(42)31(21-25-8-5-4-6-9-25)39(22-26-14-16-27(35)17-15-26)32(41)23-40(30-11-7-10-29(36)33(30)37)45(43,44)28-18-12-24(2)13-19-28/h4-19,31H,3,20-23H2,1-2H3,(H,38,42)/t31-/m0/s1. The molecule has 0 aliphatic rings. The van der Waals surface area contributed by atoms with Gasteiger partial charge in [0, 0.05) is 24.0 Å². The molecule has 236 valence electrons. The van der Waals surface area contributed by atoms with Gasteiger partial charge in [0.15, 0.2) is 0 Å². The fourth-order valence-electron chi connectivity index (χ4n) is 4.74. The lowest BCUT2D eigenvalue weighted by molar-refractivity contribution is -0.140. The number of hydrogen-bond donors (Lipinski definition) is 1. The van der Waals surface area contributed by atoms with E-state index in [1.54, 1.807) is 24.3 Å². The number of hydrogen-bond acceptors (Lipinski definition) is 4. The highest BCUT2D eigenvalue weighted by molar-refractivity contribution is 9.10. The van der Waals surface area contributed by atoms with E-state index in [-0.39, 0.29) is 39.5 Å². The number of nitrogens with one attached hydrogen (secondary N) is 1. The molecule has 2 amide bonds. The highest BCUT2D eigenvalue weighted by Gasteiger charge is 2.35. The van der Waals surface area contributed by atoms with Crippen molar-refractivity contribution >= 4 is 66.7 Å². The molecule has 0 aliphatic carbocycles. The first-order chi connectivity index (χ1) is 21.5.